The van der Waals surface area contributed by atoms with Gasteiger partial charge in [0.25, 0.3) is 0 Å². The molecular formula is C15H23N3O2. The summed E-state index contributed by atoms with van der Waals surface area (Å²) in [4.78, 5) is 0. The monoisotopic (exact) mass is 277 g/mol. The normalized spacial score (nSPS) is 18.1. The summed E-state index contributed by atoms with van der Waals surface area (Å²) in [6.45, 7) is 3.29. The van der Waals surface area contributed by atoms with Gasteiger partial charge in [0.05, 0.1) is 25.5 Å². The molecule has 1 aliphatic rings. The zero-order chi connectivity index (χ0) is 14.5. The molecule has 0 saturated carbocycles. The van der Waals surface area contributed by atoms with Crippen molar-refractivity contribution in [3.05, 3.63) is 23.8 Å². The third-order valence-corrected chi connectivity index (χ3v) is 3.45. The number of nitrogens with two attached hydrogens (primary N) is 1. The van der Waals surface area contributed by atoms with E-state index in [4.69, 9.17) is 15.2 Å². The minimum Gasteiger partial charge on any atom is -0.493 e. The second-order valence-electron chi connectivity index (χ2n) is 4.92. The summed E-state index contributed by atoms with van der Waals surface area (Å²) in [5.74, 6) is 1.56. The lowest BCUT2D eigenvalue weighted by molar-refractivity contribution is 0.282. The highest BCUT2D eigenvalue weighted by Crippen LogP contribution is 2.35. The molecule has 5 heteroatoms. The van der Waals surface area contributed by atoms with E-state index in [9.17, 15) is 0 Å². The molecule has 0 fully saturated rings. The lowest BCUT2D eigenvalue weighted by Crippen LogP contribution is -2.15. The van der Waals surface area contributed by atoms with Crippen LogP contribution in [0.15, 0.2) is 23.3 Å². The Kier molecular flexibility index (Phi) is 4.84. The summed E-state index contributed by atoms with van der Waals surface area (Å²) in [5.41, 5.74) is 7.87. The van der Waals surface area contributed by atoms with Gasteiger partial charge >= 0.3 is 0 Å². The smallest absolute Gasteiger partial charge is 0.161 e. The van der Waals surface area contributed by atoms with Crippen molar-refractivity contribution in [1.82, 2.24) is 5.01 Å². The zero-order valence-electron chi connectivity index (χ0n) is 12.4. The van der Waals surface area contributed by atoms with Gasteiger partial charge in [-0.05, 0) is 24.1 Å². The van der Waals surface area contributed by atoms with Gasteiger partial charge in [-0.25, -0.2) is 0 Å². The highest BCUT2D eigenvalue weighted by molar-refractivity contribution is 5.88. The van der Waals surface area contributed by atoms with Gasteiger partial charge in [-0.15, -0.1) is 0 Å². The molecule has 0 aliphatic carbocycles. The average Bonchev–Trinajstić information content (AvgIpc) is 2.86. The van der Waals surface area contributed by atoms with Crippen molar-refractivity contribution in [2.75, 3.05) is 27.3 Å². The summed E-state index contributed by atoms with van der Waals surface area (Å²) < 4.78 is 11.1. The van der Waals surface area contributed by atoms with Crippen LogP contribution in [-0.4, -0.2) is 38.0 Å². The predicted octanol–water partition coefficient (Wildman–Crippen LogP) is 2.18. The van der Waals surface area contributed by atoms with Gasteiger partial charge in [-0.2, -0.15) is 5.10 Å². The molecule has 0 bridgehead atoms. The Hall–Kier alpha value is -1.75. The van der Waals surface area contributed by atoms with E-state index in [0.29, 0.717) is 13.2 Å². The Morgan fingerprint density at radius 1 is 1.40 bits per heavy atom. The largest absolute Gasteiger partial charge is 0.493 e. The Morgan fingerprint density at radius 3 is 2.80 bits per heavy atom. The molecule has 0 spiro atoms. The molecule has 1 atom stereocenters. The Bertz CT molecular complexity index is 488. The first-order valence-electron chi connectivity index (χ1n) is 6.99. The summed E-state index contributed by atoms with van der Waals surface area (Å²) in [6.07, 6.45) is 1.84. The maximum atomic E-state index is 5.68. The van der Waals surface area contributed by atoms with Crippen LogP contribution < -0.4 is 15.2 Å². The topological polar surface area (TPSA) is 60.1 Å². The van der Waals surface area contributed by atoms with Crippen LogP contribution in [0, 0.1) is 0 Å². The van der Waals surface area contributed by atoms with Crippen molar-refractivity contribution in [2.24, 2.45) is 10.8 Å². The number of hydrogen-bond donors (Lipinski definition) is 1. The highest BCUT2D eigenvalue weighted by Gasteiger charge is 2.25. The van der Waals surface area contributed by atoms with Crippen molar-refractivity contribution in [2.45, 2.75) is 25.8 Å². The van der Waals surface area contributed by atoms with Crippen LogP contribution in [0.2, 0.25) is 0 Å². The van der Waals surface area contributed by atoms with E-state index in [-0.39, 0.29) is 6.04 Å². The molecule has 2 N–H and O–H groups in total. The second kappa shape index (κ2) is 6.61. The van der Waals surface area contributed by atoms with Crippen molar-refractivity contribution in [3.8, 4) is 11.5 Å². The van der Waals surface area contributed by atoms with Crippen LogP contribution in [-0.2, 0) is 0 Å². The summed E-state index contributed by atoms with van der Waals surface area (Å²) in [7, 11) is 3.64. The maximum Gasteiger partial charge on any atom is 0.161 e. The second-order valence-corrected chi connectivity index (χ2v) is 4.92. The van der Waals surface area contributed by atoms with Gasteiger partial charge < -0.3 is 15.2 Å². The average molecular weight is 277 g/mol. The Labute approximate surface area is 120 Å². The fraction of sp³-hybridized carbons (Fsp3) is 0.533. The van der Waals surface area contributed by atoms with E-state index < -0.39 is 0 Å². The quantitative estimate of drug-likeness (QED) is 0.865. The molecule has 1 heterocycles. The molecular weight excluding hydrogens is 254 g/mol. The van der Waals surface area contributed by atoms with Crippen molar-refractivity contribution < 1.29 is 9.47 Å². The molecule has 1 aromatic carbocycles. The maximum absolute atomic E-state index is 5.68. The molecule has 2 rings (SSSR count). The third-order valence-electron chi connectivity index (χ3n) is 3.45. The Balaban J connectivity index is 2.18. The molecule has 1 unspecified atom stereocenters. The first-order valence-corrected chi connectivity index (χ1v) is 6.99. The fourth-order valence-corrected chi connectivity index (χ4v) is 2.37. The fourth-order valence-electron chi connectivity index (χ4n) is 2.37. The van der Waals surface area contributed by atoms with Gasteiger partial charge in [-0.1, -0.05) is 13.0 Å². The van der Waals surface area contributed by atoms with Gasteiger partial charge in [0, 0.05) is 20.0 Å². The molecule has 110 valence electrons. The summed E-state index contributed by atoms with van der Waals surface area (Å²) in [6, 6.07) is 6.30. The molecule has 1 aromatic rings. The molecule has 0 saturated heterocycles. The SMILES string of the molecule is CCCOc1ccc(C2CC(CN)=NN2C)cc1OC. The van der Waals surface area contributed by atoms with Gasteiger partial charge in [0.1, 0.15) is 0 Å². The molecule has 0 amide bonds. The van der Waals surface area contributed by atoms with Crippen LogP contribution in [0.25, 0.3) is 0 Å². The lowest BCUT2D eigenvalue weighted by atomic mass is 10.0. The molecule has 20 heavy (non-hydrogen) atoms. The van der Waals surface area contributed by atoms with E-state index in [1.54, 1.807) is 7.11 Å². The van der Waals surface area contributed by atoms with E-state index >= 15 is 0 Å². The molecule has 5 nitrogen and oxygen atoms in total. The predicted molar refractivity (Wildman–Crippen MR) is 80.4 cm³/mol. The first-order chi connectivity index (χ1) is 9.69. The molecule has 0 aromatic heterocycles. The van der Waals surface area contributed by atoms with E-state index in [1.165, 1.54) is 5.56 Å². The van der Waals surface area contributed by atoms with Crippen LogP contribution in [0.5, 0.6) is 11.5 Å². The number of nitrogens with zero attached hydrogens (tertiary/aromatic N) is 2. The number of hydrazone groups is 1. The summed E-state index contributed by atoms with van der Waals surface area (Å²) >= 11 is 0. The number of methoxy groups -OCH3 is 1. The minimum absolute atomic E-state index is 0.225. The summed E-state index contributed by atoms with van der Waals surface area (Å²) in [5, 5.41) is 6.41. The lowest BCUT2D eigenvalue weighted by Gasteiger charge is -2.20. The van der Waals surface area contributed by atoms with Gasteiger partial charge in [0.15, 0.2) is 11.5 Å². The first kappa shape index (κ1) is 14.7. The number of rotatable bonds is 6. The number of benzene rings is 1. The van der Waals surface area contributed by atoms with Crippen molar-refractivity contribution in [1.29, 1.82) is 0 Å². The van der Waals surface area contributed by atoms with Gasteiger partial charge in [-0.3, -0.25) is 5.01 Å². The molecule has 1 aliphatic heterocycles. The standard InChI is InChI=1S/C15H23N3O2/c1-4-7-20-14-6-5-11(8-15(14)19-3)13-9-12(10-16)17-18(13)2/h5-6,8,13H,4,7,9-10,16H2,1-3H3. The van der Waals surface area contributed by atoms with Crippen molar-refractivity contribution in [3.63, 3.8) is 0 Å². The third kappa shape index (κ3) is 3.04. The number of ether oxygens (including phenoxy) is 2. The van der Waals surface area contributed by atoms with Crippen LogP contribution >= 0.6 is 0 Å². The molecule has 0 radical (unpaired) electrons. The van der Waals surface area contributed by atoms with Crippen LogP contribution in [0.3, 0.4) is 0 Å². The number of hydrogen-bond acceptors (Lipinski definition) is 5. The van der Waals surface area contributed by atoms with Gasteiger partial charge in [0.2, 0.25) is 0 Å². The van der Waals surface area contributed by atoms with Crippen molar-refractivity contribution >= 4 is 5.71 Å². The van der Waals surface area contributed by atoms with E-state index in [2.05, 4.69) is 18.1 Å². The van der Waals surface area contributed by atoms with E-state index in [0.717, 1.165) is 30.1 Å². The minimum atomic E-state index is 0.225. The Morgan fingerprint density at radius 2 is 2.20 bits per heavy atom. The van der Waals surface area contributed by atoms with Crippen LogP contribution in [0.4, 0.5) is 0 Å². The zero-order valence-corrected chi connectivity index (χ0v) is 12.4. The van der Waals surface area contributed by atoms with Crippen LogP contribution in [0.1, 0.15) is 31.4 Å². The van der Waals surface area contributed by atoms with E-state index in [1.807, 2.05) is 24.2 Å². The highest BCUT2D eigenvalue weighted by atomic mass is 16.5.